The number of ether oxygens (including phenoxy) is 1. The minimum absolute atomic E-state index is 0.382. The molecule has 1 N–H and O–H groups in total. The van der Waals surface area contributed by atoms with Crippen LogP contribution in [0.5, 0.6) is 5.88 Å². The van der Waals surface area contributed by atoms with Gasteiger partial charge >= 0.3 is 0 Å². The van der Waals surface area contributed by atoms with Crippen LogP contribution in [0.3, 0.4) is 0 Å². The highest BCUT2D eigenvalue weighted by molar-refractivity contribution is 7.27. The highest BCUT2D eigenvalue weighted by Gasteiger charge is 2.27. The van der Waals surface area contributed by atoms with E-state index < -0.39 is 11.2 Å². The highest BCUT2D eigenvalue weighted by atomic mass is 31.0. The van der Waals surface area contributed by atoms with E-state index >= 15 is 0 Å². The van der Waals surface area contributed by atoms with E-state index in [9.17, 15) is 4.39 Å². The molecule has 0 aliphatic heterocycles. The molecule has 0 amide bonds. The fourth-order valence-corrected chi connectivity index (χ4v) is 4.05. The Morgan fingerprint density at radius 1 is 1.30 bits per heavy atom. The summed E-state index contributed by atoms with van der Waals surface area (Å²) >= 11 is 0. The van der Waals surface area contributed by atoms with Crippen molar-refractivity contribution in [1.82, 2.24) is 15.1 Å². The lowest BCUT2D eigenvalue weighted by Gasteiger charge is -2.30. The van der Waals surface area contributed by atoms with Crippen LogP contribution in [-0.2, 0) is 18.5 Å². The maximum absolute atomic E-state index is 13.7. The van der Waals surface area contributed by atoms with Crippen molar-refractivity contribution in [3.8, 4) is 5.88 Å². The number of nitrogens with one attached hydrogen (secondary N) is 1. The average Bonchev–Trinajstić information content (AvgIpc) is 2.98. The first-order valence-electron chi connectivity index (χ1n) is 9.42. The van der Waals surface area contributed by atoms with Crippen molar-refractivity contribution >= 4 is 30.2 Å². The molecule has 1 atom stereocenters. The van der Waals surface area contributed by atoms with Crippen LogP contribution in [0.15, 0.2) is 24.3 Å². The first-order valence-corrected chi connectivity index (χ1v) is 10.0. The number of nitrogens with zero attached hydrogens (tertiary/aromatic N) is 2. The maximum atomic E-state index is 13.7. The molecule has 1 aromatic heterocycles. The van der Waals surface area contributed by atoms with Gasteiger partial charge in [0.2, 0.25) is 5.88 Å². The Labute approximate surface area is 165 Å². The number of benzene rings is 1. The van der Waals surface area contributed by atoms with Crippen molar-refractivity contribution in [3.05, 3.63) is 41.3 Å². The quantitative estimate of drug-likeness (QED) is 0.590. The van der Waals surface area contributed by atoms with E-state index in [1.807, 2.05) is 17.8 Å². The van der Waals surface area contributed by atoms with Gasteiger partial charge in [0, 0.05) is 19.2 Å². The van der Waals surface area contributed by atoms with Crippen LogP contribution in [0.1, 0.15) is 43.4 Å². The second kappa shape index (κ2) is 8.79. The Morgan fingerprint density at radius 3 is 2.74 bits per heavy atom. The molecule has 8 heteroatoms. The molecule has 0 saturated heterocycles. The fourth-order valence-electron chi connectivity index (χ4n) is 3.64. The smallest absolute Gasteiger partial charge is 0.211 e. The number of hydrogen-bond acceptors (Lipinski definition) is 3. The second-order valence-electron chi connectivity index (χ2n) is 7.32. The zero-order valence-corrected chi connectivity index (χ0v) is 16.9. The van der Waals surface area contributed by atoms with Gasteiger partial charge in [0.25, 0.3) is 0 Å². The lowest BCUT2D eigenvalue weighted by Crippen LogP contribution is -2.38. The molecule has 1 heterocycles. The third-order valence-corrected chi connectivity index (χ3v) is 5.52. The topological polar surface area (TPSA) is 39.1 Å². The molecular weight excluding hydrogens is 358 g/mol. The fraction of sp³-hybridized carbons (Fsp3) is 0.526. The summed E-state index contributed by atoms with van der Waals surface area (Å²) in [6, 6.07) is 6.12. The van der Waals surface area contributed by atoms with Crippen LogP contribution in [0.25, 0.3) is 0 Å². The van der Waals surface area contributed by atoms with Crippen molar-refractivity contribution in [3.63, 3.8) is 0 Å². The Hall–Kier alpha value is -1.32. The van der Waals surface area contributed by atoms with Crippen LogP contribution in [-0.4, -0.2) is 32.5 Å². The zero-order valence-electron chi connectivity index (χ0n) is 15.7. The summed E-state index contributed by atoms with van der Waals surface area (Å²) in [4.78, 5) is 0. The van der Waals surface area contributed by atoms with Gasteiger partial charge in [0.1, 0.15) is 21.5 Å². The van der Waals surface area contributed by atoms with Crippen molar-refractivity contribution in [2.75, 3.05) is 7.05 Å². The predicted octanol–water partition coefficient (Wildman–Crippen LogP) is 2.35. The Morgan fingerprint density at radius 2 is 2.04 bits per heavy atom. The molecule has 2 aromatic rings. The summed E-state index contributed by atoms with van der Waals surface area (Å²) in [6.07, 6.45) is 6.19. The van der Waals surface area contributed by atoms with Gasteiger partial charge in [-0.25, -0.2) is 9.07 Å². The number of hydrogen-bond donors (Lipinski definition) is 1. The minimum atomic E-state index is -1.67. The van der Waals surface area contributed by atoms with Crippen LogP contribution < -0.4 is 15.4 Å². The van der Waals surface area contributed by atoms with Crippen molar-refractivity contribution in [1.29, 1.82) is 0 Å². The summed E-state index contributed by atoms with van der Waals surface area (Å²) in [5, 5.41) is 6.77. The van der Waals surface area contributed by atoms with Crippen molar-refractivity contribution in [2.45, 2.75) is 50.6 Å². The molecule has 1 saturated carbocycles. The Kier molecular flexibility index (Phi) is 6.65. The molecule has 4 radical (unpaired) electrons. The van der Waals surface area contributed by atoms with Gasteiger partial charge in [-0.05, 0) is 48.8 Å². The van der Waals surface area contributed by atoms with E-state index in [-0.39, 0.29) is 0 Å². The lowest BCUT2D eigenvalue weighted by molar-refractivity contribution is 0.206. The van der Waals surface area contributed by atoms with Gasteiger partial charge in [-0.3, -0.25) is 0 Å². The largest absolute Gasteiger partial charge is 0.487 e. The number of aromatic nitrogens is 2. The summed E-state index contributed by atoms with van der Waals surface area (Å²) in [6.45, 7) is 1.39. The molecular formula is C19H25B2FN3OP. The summed E-state index contributed by atoms with van der Waals surface area (Å²) in [5.74, 6) is 0.663. The van der Waals surface area contributed by atoms with Crippen molar-refractivity contribution in [2.24, 2.45) is 5.92 Å². The zero-order chi connectivity index (χ0) is 19.4. The van der Waals surface area contributed by atoms with Gasteiger partial charge in [0.15, 0.2) is 0 Å². The molecule has 1 aliphatic carbocycles. The number of halogens is 1. The van der Waals surface area contributed by atoms with Crippen LogP contribution in [0.4, 0.5) is 4.39 Å². The maximum Gasteiger partial charge on any atom is 0.211 e. The van der Waals surface area contributed by atoms with E-state index in [2.05, 4.69) is 19.7 Å². The van der Waals surface area contributed by atoms with E-state index in [1.165, 1.54) is 44.2 Å². The molecule has 1 unspecified atom stereocenters. The molecule has 4 nitrogen and oxygen atoms in total. The van der Waals surface area contributed by atoms with Crippen LogP contribution in [0, 0.1) is 11.7 Å². The number of rotatable bonds is 7. The average molecular weight is 383 g/mol. The summed E-state index contributed by atoms with van der Waals surface area (Å²) < 4.78 is 21.5. The molecule has 0 spiro atoms. The lowest BCUT2D eigenvalue weighted by atomic mass is 9.61. The van der Waals surface area contributed by atoms with Gasteiger partial charge in [0.05, 0.1) is 11.1 Å². The van der Waals surface area contributed by atoms with Crippen LogP contribution in [0.2, 0.25) is 0 Å². The monoisotopic (exact) mass is 383 g/mol. The highest BCUT2D eigenvalue weighted by Crippen LogP contribution is 2.29. The Balaban J connectivity index is 1.86. The normalized spacial score (nSPS) is 15.8. The van der Waals surface area contributed by atoms with Gasteiger partial charge < -0.3 is 10.1 Å². The van der Waals surface area contributed by atoms with Crippen LogP contribution >= 0.6 is 9.24 Å². The Bertz CT molecular complexity index is 778. The minimum Gasteiger partial charge on any atom is -0.487 e. The van der Waals surface area contributed by atoms with Gasteiger partial charge in [-0.15, -0.1) is 9.24 Å². The molecule has 1 aliphatic rings. The predicted molar refractivity (Wildman–Crippen MR) is 111 cm³/mol. The molecule has 3 rings (SSSR count). The van der Waals surface area contributed by atoms with Crippen molar-refractivity contribution < 1.29 is 9.13 Å². The molecule has 1 fully saturated rings. The first kappa shape index (κ1) is 20.4. The SMILES string of the molecule is [B]C([B])(Oc1cc(CNC)nn1CC1CCCCC1)c1cc(F)ccc1P. The van der Waals surface area contributed by atoms with E-state index in [4.69, 9.17) is 20.4 Å². The van der Waals surface area contributed by atoms with E-state index in [1.54, 1.807) is 6.07 Å². The second-order valence-corrected chi connectivity index (χ2v) is 7.94. The molecule has 27 heavy (non-hydrogen) atoms. The van der Waals surface area contributed by atoms with E-state index in [0.29, 0.717) is 29.2 Å². The third kappa shape index (κ3) is 5.14. The van der Waals surface area contributed by atoms with E-state index in [0.717, 1.165) is 12.2 Å². The molecule has 0 bridgehead atoms. The standard InChI is InChI=1S/C19H25B2FN3OP/c1-23-11-15-10-18(25(24-15)12-13-5-3-2-4-6-13)26-19(20,21)16-9-14(22)7-8-17(16)27/h7-10,13,23H,2-6,11-12,27H2,1H3. The summed E-state index contributed by atoms with van der Waals surface area (Å²) in [7, 11) is 16.9. The first-order chi connectivity index (χ1) is 12.9. The molecule has 140 valence electrons. The summed E-state index contributed by atoms with van der Waals surface area (Å²) in [5.41, 5.74) is 1.23. The molecule has 1 aromatic carbocycles. The van der Waals surface area contributed by atoms with Gasteiger partial charge in [-0.1, -0.05) is 25.3 Å². The third-order valence-electron chi connectivity index (χ3n) is 5.02. The van der Waals surface area contributed by atoms with Gasteiger partial charge in [-0.2, -0.15) is 5.10 Å².